The van der Waals surface area contributed by atoms with Gasteiger partial charge in [-0.05, 0) is 19.8 Å². The van der Waals surface area contributed by atoms with Gasteiger partial charge in [0.2, 0.25) is 0 Å². The first-order valence-electron chi connectivity index (χ1n) is 5.16. The highest BCUT2D eigenvalue weighted by Gasteiger charge is 2.32. The average Bonchev–Trinajstić information content (AvgIpc) is 2.54. The van der Waals surface area contributed by atoms with Crippen molar-refractivity contribution in [3.05, 3.63) is 0 Å². The SMILES string of the molecule is COC(CN)C(=O)NC1(C)CCCC1.Cl. The Bertz CT molecular complexity index is 202. The van der Waals surface area contributed by atoms with Gasteiger partial charge in [0.1, 0.15) is 6.10 Å². The number of hydrogen-bond acceptors (Lipinski definition) is 3. The third kappa shape index (κ3) is 3.97. The number of methoxy groups -OCH3 is 1. The van der Waals surface area contributed by atoms with Gasteiger partial charge in [0, 0.05) is 19.2 Å². The molecule has 3 N–H and O–H groups in total. The van der Waals surface area contributed by atoms with Gasteiger partial charge in [-0.3, -0.25) is 4.79 Å². The van der Waals surface area contributed by atoms with Crippen LogP contribution in [0, 0.1) is 0 Å². The summed E-state index contributed by atoms with van der Waals surface area (Å²) < 4.78 is 4.98. The first-order chi connectivity index (χ1) is 6.61. The monoisotopic (exact) mass is 236 g/mol. The third-order valence-electron chi connectivity index (χ3n) is 2.92. The molecule has 0 radical (unpaired) electrons. The minimum absolute atomic E-state index is 0. The molecule has 0 saturated heterocycles. The van der Waals surface area contributed by atoms with Gasteiger partial charge in [-0.2, -0.15) is 0 Å². The number of ether oxygens (including phenoxy) is 1. The van der Waals surface area contributed by atoms with E-state index in [1.807, 2.05) is 0 Å². The second kappa shape index (κ2) is 6.30. The van der Waals surface area contributed by atoms with Gasteiger partial charge in [-0.1, -0.05) is 12.8 Å². The van der Waals surface area contributed by atoms with Crippen molar-refractivity contribution in [2.45, 2.75) is 44.2 Å². The molecule has 0 aromatic heterocycles. The molecule has 1 aliphatic carbocycles. The van der Waals surface area contributed by atoms with Crippen molar-refractivity contribution in [2.24, 2.45) is 5.73 Å². The summed E-state index contributed by atoms with van der Waals surface area (Å²) in [4.78, 5) is 11.7. The number of carbonyl (C=O) groups is 1. The van der Waals surface area contributed by atoms with Crippen molar-refractivity contribution < 1.29 is 9.53 Å². The van der Waals surface area contributed by atoms with E-state index in [2.05, 4.69) is 12.2 Å². The second-order valence-corrected chi connectivity index (χ2v) is 4.22. The Hall–Kier alpha value is -0.320. The molecule has 1 rings (SSSR count). The Morgan fingerprint density at radius 2 is 2.07 bits per heavy atom. The van der Waals surface area contributed by atoms with Crippen LogP contribution in [0.5, 0.6) is 0 Å². The lowest BCUT2D eigenvalue weighted by atomic mass is 10.0. The van der Waals surface area contributed by atoms with Crippen molar-refractivity contribution in [1.29, 1.82) is 0 Å². The van der Waals surface area contributed by atoms with Crippen LogP contribution in [0.4, 0.5) is 0 Å². The van der Waals surface area contributed by atoms with Gasteiger partial charge < -0.3 is 15.8 Å². The first kappa shape index (κ1) is 14.7. The zero-order chi connectivity index (χ0) is 10.6. The summed E-state index contributed by atoms with van der Waals surface area (Å²) in [7, 11) is 1.51. The molecule has 1 atom stereocenters. The fourth-order valence-corrected chi connectivity index (χ4v) is 1.97. The summed E-state index contributed by atoms with van der Waals surface area (Å²) in [5, 5.41) is 3.01. The van der Waals surface area contributed by atoms with Gasteiger partial charge in [-0.25, -0.2) is 0 Å². The van der Waals surface area contributed by atoms with E-state index in [-0.39, 0.29) is 30.4 Å². The number of amides is 1. The molecule has 5 heteroatoms. The Labute approximate surface area is 97.3 Å². The van der Waals surface area contributed by atoms with Crippen LogP contribution in [0.15, 0.2) is 0 Å². The van der Waals surface area contributed by atoms with Crippen molar-refractivity contribution >= 4 is 18.3 Å². The van der Waals surface area contributed by atoms with E-state index >= 15 is 0 Å². The van der Waals surface area contributed by atoms with Gasteiger partial charge in [0.15, 0.2) is 0 Å². The molecule has 4 nitrogen and oxygen atoms in total. The minimum atomic E-state index is -0.507. The molecule has 1 unspecified atom stereocenters. The molecule has 0 aromatic carbocycles. The minimum Gasteiger partial charge on any atom is -0.370 e. The molecule has 1 aliphatic rings. The number of nitrogens with one attached hydrogen (secondary N) is 1. The summed E-state index contributed by atoms with van der Waals surface area (Å²) in [5.74, 6) is -0.0839. The lowest BCUT2D eigenvalue weighted by Crippen LogP contribution is -2.50. The number of nitrogens with two attached hydrogens (primary N) is 1. The highest BCUT2D eigenvalue weighted by Crippen LogP contribution is 2.28. The van der Waals surface area contributed by atoms with Crippen molar-refractivity contribution in [1.82, 2.24) is 5.32 Å². The Balaban J connectivity index is 0.00000196. The van der Waals surface area contributed by atoms with E-state index in [0.29, 0.717) is 0 Å². The van der Waals surface area contributed by atoms with Crippen LogP contribution in [-0.4, -0.2) is 31.2 Å². The number of rotatable bonds is 4. The van der Waals surface area contributed by atoms with E-state index in [1.54, 1.807) is 0 Å². The van der Waals surface area contributed by atoms with Crippen LogP contribution in [0.1, 0.15) is 32.6 Å². The second-order valence-electron chi connectivity index (χ2n) is 4.22. The van der Waals surface area contributed by atoms with Crippen molar-refractivity contribution in [2.75, 3.05) is 13.7 Å². The highest BCUT2D eigenvalue weighted by molar-refractivity contribution is 5.85. The topological polar surface area (TPSA) is 64.3 Å². The maximum Gasteiger partial charge on any atom is 0.250 e. The summed E-state index contributed by atoms with van der Waals surface area (Å²) in [5.41, 5.74) is 5.38. The van der Waals surface area contributed by atoms with E-state index in [4.69, 9.17) is 10.5 Å². The molecule has 15 heavy (non-hydrogen) atoms. The predicted octanol–water partition coefficient (Wildman–Crippen LogP) is 0.831. The Kier molecular flexibility index (Phi) is 6.17. The van der Waals surface area contributed by atoms with Crippen LogP contribution < -0.4 is 11.1 Å². The molecule has 0 aliphatic heterocycles. The van der Waals surface area contributed by atoms with E-state index < -0.39 is 6.10 Å². The number of carbonyl (C=O) groups excluding carboxylic acids is 1. The summed E-state index contributed by atoms with van der Waals surface area (Å²) in [6.45, 7) is 2.32. The molecule has 90 valence electrons. The average molecular weight is 237 g/mol. The molecule has 1 saturated carbocycles. The zero-order valence-electron chi connectivity index (χ0n) is 9.41. The highest BCUT2D eigenvalue weighted by atomic mass is 35.5. The Morgan fingerprint density at radius 3 is 2.47 bits per heavy atom. The third-order valence-corrected chi connectivity index (χ3v) is 2.92. The maximum atomic E-state index is 11.7. The standard InChI is InChI=1S/C10H20N2O2.ClH/c1-10(5-3-4-6-10)12-9(13)8(7-11)14-2;/h8H,3-7,11H2,1-2H3,(H,12,13);1H. The van der Waals surface area contributed by atoms with Gasteiger partial charge in [0.05, 0.1) is 0 Å². The molecule has 0 aromatic rings. The van der Waals surface area contributed by atoms with Crippen LogP contribution >= 0.6 is 12.4 Å². The first-order valence-corrected chi connectivity index (χ1v) is 5.16. The lowest BCUT2D eigenvalue weighted by Gasteiger charge is -2.27. The van der Waals surface area contributed by atoms with Crippen LogP contribution in [0.3, 0.4) is 0 Å². The van der Waals surface area contributed by atoms with Crippen LogP contribution in [0.25, 0.3) is 0 Å². The van der Waals surface area contributed by atoms with Crippen molar-refractivity contribution in [3.63, 3.8) is 0 Å². The van der Waals surface area contributed by atoms with E-state index in [0.717, 1.165) is 12.8 Å². The number of halogens is 1. The zero-order valence-corrected chi connectivity index (χ0v) is 10.2. The molecular formula is C10H21ClN2O2. The molecule has 0 spiro atoms. The normalized spacial score (nSPS) is 20.5. The molecule has 1 fully saturated rings. The molecule has 1 amide bonds. The van der Waals surface area contributed by atoms with Crippen LogP contribution in [0.2, 0.25) is 0 Å². The summed E-state index contributed by atoms with van der Waals surface area (Å²) in [6.07, 6.45) is 3.99. The maximum absolute atomic E-state index is 11.7. The smallest absolute Gasteiger partial charge is 0.250 e. The summed E-state index contributed by atoms with van der Waals surface area (Å²) >= 11 is 0. The van der Waals surface area contributed by atoms with Crippen LogP contribution in [-0.2, 0) is 9.53 Å². The van der Waals surface area contributed by atoms with Gasteiger partial charge >= 0.3 is 0 Å². The summed E-state index contributed by atoms with van der Waals surface area (Å²) in [6, 6.07) is 0. The quantitative estimate of drug-likeness (QED) is 0.760. The van der Waals surface area contributed by atoms with Crippen molar-refractivity contribution in [3.8, 4) is 0 Å². The lowest BCUT2D eigenvalue weighted by molar-refractivity contribution is -0.132. The fraction of sp³-hybridized carbons (Fsp3) is 0.900. The Morgan fingerprint density at radius 1 is 1.53 bits per heavy atom. The molecule has 0 heterocycles. The molecular weight excluding hydrogens is 216 g/mol. The fourth-order valence-electron chi connectivity index (χ4n) is 1.97. The number of hydrogen-bond donors (Lipinski definition) is 2. The largest absolute Gasteiger partial charge is 0.370 e. The van der Waals surface area contributed by atoms with E-state index in [9.17, 15) is 4.79 Å². The van der Waals surface area contributed by atoms with Gasteiger partial charge in [0.25, 0.3) is 5.91 Å². The molecule has 0 bridgehead atoms. The predicted molar refractivity (Wildman–Crippen MR) is 62.1 cm³/mol. The van der Waals surface area contributed by atoms with Gasteiger partial charge in [-0.15, -0.1) is 12.4 Å². The van der Waals surface area contributed by atoms with E-state index in [1.165, 1.54) is 20.0 Å².